The second-order valence-electron chi connectivity index (χ2n) is 1.66. The van der Waals surface area contributed by atoms with Crippen LogP contribution >= 0.6 is 12.4 Å². The van der Waals surface area contributed by atoms with E-state index in [1.165, 1.54) is 6.21 Å². The Morgan fingerprint density at radius 1 is 1.20 bits per heavy atom. The summed E-state index contributed by atoms with van der Waals surface area (Å²) in [6.45, 7) is 0. The molecule has 0 fully saturated rings. The Balaban J connectivity index is 0.000000810. The molecule has 1 aromatic rings. The van der Waals surface area contributed by atoms with Gasteiger partial charge in [0.2, 0.25) is 0 Å². The van der Waals surface area contributed by atoms with Crippen LogP contribution in [-0.4, -0.2) is 11.4 Å². The molecule has 54 valence electrons. The Labute approximate surface area is 65.6 Å². The van der Waals surface area contributed by atoms with Crippen LogP contribution in [0.1, 0.15) is 5.56 Å². The van der Waals surface area contributed by atoms with Crippen LogP contribution in [0.2, 0.25) is 0 Å². The number of halogens is 1. The Morgan fingerprint density at radius 3 is 2.30 bits per heavy atom. The van der Waals surface area contributed by atoms with E-state index in [0.29, 0.717) is 0 Å². The number of rotatable bonds is 1. The van der Waals surface area contributed by atoms with Crippen molar-refractivity contribution < 1.29 is 5.21 Å². The highest BCUT2D eigenvalue weighted by atomic mass is 35.5. The maximum Gasteiger partial charge on any atom is 0.0733 e. The van der Waals surface area contributed by atoms with Crippen molar-refractivity contribution in [3.8, 4) is 0 Å². The minimum absolute atomic E-state index is 0. The average molecular weight is 158 g/mol. The molecule has 0 bridgehead atoms. The van der Waals surface area contributed by atoms with E-state index in [1.807, 2.05) is 30.3 Å². The molecule has 0 unspecified atom stereocenters. The minimum Gasteiger partial charge on any atom is -0.411 e. The number of nitrogens with zero attached hydrogens (tertiary/aromatic N) is 1. The Hall–Kier alpha value is -1.02. The van der Waals surface area contributed by atoms with E-state index >= 15 is 0 Å². The largest absolute Gasteiger partial charge is 0.411 e. The van der Waals surface area contributed by atoms with Crippen molar-refractivity contribution >= 4 is 18.6 Å². The summed E-state index contributed by atoms with van der Waals surface area (Å²) in [4.78, 5) is 0. The fourth-order valence-corrected chi connectivity index (χ4v) is 0.606. The fraction of sp³-hybridized carbons (Fsp3) is 0. The normalized spacial score (nSPS) is 9.20. The molecule has 0 radical (unpaired) electrons. The molecule has 1 N–H and O–H groups in total. The molecular weight excluding hydrogens is 150 g/mol. The van der Waals surface area contributed by atoms with Gasteiger partial charge in [0.25, 0.3) is 0 Å². The molecule has 3 heteroatoms. The molecule has 0 aliphatic carbocycles. The van der Waals surface area contributed by atoms with Crippen molar-refractivity contribution in [1.82, 2.24) is 0 Å². The Kier molecular flexibility index (Phi) is 4.33. The van der Waals surface area contributed by atoms with E-state index in [9.17, 15) is 0 Å². The summed E-state index contributed by atoms with van der Waals surface area (Å²) in [7, 11) is 0. The number of hydrogen-bond acceptors (Lipinski definition) is 2. The van der Waals surface area contributed by atoms with E-state index < -0.39 is 0 Å². The average Bonchev–Trinajstić information content (AvgIpc) is 1.91. The highest BCUT2D eigenvalue weighted by molar-refractivity contribution is 5.85. The van der Waals surface area contributed by atoms with Gasteiger partial charge in [0, 0.05) is 0 Å². The lowest BCUT2D eigenvalue weighted by molar-refractivity contribution is 0.322. The highest BCUT2D eigenvalue weighted by Crippen LogP contribution is 1.92. The first-order chi connectivity index (χ1) is 4.43. The van der Waals surface area contributed by atoms with E-state index in [0.717, 1.165) is 5.56 Å². The SMILES string of the molecule is Cl.O/N=C/c1ccccc1. The van der Waals surface area contributed by atoms with E-state index in [1.54, 1.807) is 0 Å². The van der Waals surface area contributed by atoms with Crippen molar-refractivity contribution in [2.24, 2.45) is 5.16 Å². The first kappa shape index (κ1) is 8.98. The molecule has 0 saturated carbocycles. The lowest BCUT2D eigenvalue weighted by Crippen LogP contribution is -1.76. The van der Waals surface area contributed by atoms with Crippen LogP contribution in [0.25, 0.3) is 0 Å². The van der Waals surface area contributed by atoms with Gasteiger partial charge >= 0.3 is 0 Å². The number of hydrogen-bond donors (Lipinski definition) is 1. The summed E-state index contributed by atoms with van der Waals surface area (Å²) >= 11 is 0. The van der Waals surface area contributed by atoms with Gasteiger partial charge < -0.3 is 5.21 Å². The van der Waals surface area contributed by atoms with Crippen molar-refractivity contribution in [2.45, 2.75) is 0 Å². The quantitative estimate of drug-likeness (QED) is 0.377. The molecule has 0 heterocycles. The predicted octanol–water partition coefficient (Wildman–Crippen LogP) is 1.92. The van der Waals surface area contributed by atoms with Crippen LogP contribution < -0.4 is 0 Å². The van der Waals surface area contributed by atoms with Crippen molar-refractivity contribution in [3.05, 3.63) is 35.9 Å². The van der Waals surface area contributed by atoms with Crippen LogP contribution in [0.15, 0.2) is 35.5 Å². The standard InChI is InChI=1S/C7H7NO.ClH/c9-8-6-7-4-2-1-3-5-7;/h1-6,9H;1H/b8-6+;. The van der Waals surface area contributed by atoms with Gasteiger partial charge in [-0.1, -0.05) is 35.5 Å². The van der Waals surface area contributed by atoms with Gasteiger partial charge in [0.05, 0.1) is 6.21 Å². The highest BCUT2D eigenvalue weighted by Gasteiger charge is 1.79. The molecule has 0 atom stereocenters. The monoisotopic (exact) mass is 157 g/mol. The molecule has 0 saturated heterocycles. The van der Waals surface area contributed by atoms with Crippen molar-refractivity contribution in [1.29, 1.82) is 0 Å². The van der Waals surface area contributed by atoms with Crippen LogP contribution in [0.5, 0.6) is 0 Å². The lowest BCUT2D eigenvalue weighted by Gasteiger charge is -1.85. The summed E-state index contributed by atoms with van der Waals surface area (Å²) in [5.74, 6) is 0. The zero-order chi connectivity index (χ0) is 6.53. The molecule has 1 rings (SSSR count). The molecule has 0 spiro atoms. The second kappa shape index (κ2) is 4.82. The van der Waals surface area contributed by atoms with Gasteiger partial charge in [-0.15, -0.1) is 12.4 Å². The first-order valence-electron chi connectivity index (χ1n) is 2.66. The number of oxime groups is 1. The van der Waals surface area contributed by atoms with Gasteiger partial charge in [-0.25, -0.2) is 0 Å². The Bertz CT molecular complexity index is 198. The van der Waals surface area contributed by atoms with Crippen LogP contribution in [0.4, 0.5) is 0 Å². The van der Waals surface area contributed by atoms with Gasteiger partial charge in [0.15, 0.2) is 0 Å². The van der Waals surface area contributed by atoms with Gasteiger partial charge in [0.1, 0.15) is 0 Å². The van der Waals surface area contributed by atoms with Gasteiger partial charge in [-0.05, 0) is 5.56 Å². The molecule has 0 aromatic heterocycles. The van der Waals surface area contributed by atoms with Crippen LogP contribution in [0, 0.1) is 0 Å². The summed E-state index contributed by atoms with van der Waals surface area (Å²) in [5.41, 5.74) is 0.903. The van der Waals surface area contributed by atoms with Crippen molar-refractivity contribution in [2.75, 3.05) is 0 Å². The molecule has 10 heavy (non-hydrogen) atoms. The molecular formula is C7H8ClNO. The third kappa shape index (κ3) is 2.51. The van der Waals surface area contributed by atoms with Crippen LogP contribution in [-0.2, 0) is 0 Å². The van der Waals surface area contributed by atoms with Crippen molar-refractivity contribution in [3.63, 3.8) is 0 Å². The fourth-order valence-electron chi connectivity index (χ4n) is 0.606. The molecule has 0 amide bonds. The second-order valence-corrected chi connectivity index (χ2v) is 1.66. The van der Waals surface area contributed by atoms with E-state index in [2.05, 4.69) is 5.16 Å². The first-order valence-corrected chi connectivity index (χ1v) is 2.66. The molecule has 2 nitrogen and oxygen atoms in total. The maximum atomic E-state index is 8.09. The topological polar surface area (TPSA) is 32.6 Å². The van der Waals surface area contributed by atoms with Gasteiger partial charge in [-0.2, -0.15) is 0 Å². The zero-order valence-electron chi connectivity index (χ0n) is 5.27. The molecule has 0 aliphatic rings. The molecule has 0 aliphatic heterocycles. The Morgan fingerprint density at radius 2 is 1.80 bits per heavy atom. The summed E-state index contributed by atoms with van der Waals surface area (Å²) < 4.78 is 0. The predicted molar refractivity (Wildman–Crippen MR) is 43.1 cm³/mol. The summed E-state index contributed by atoms with van der Waals surface area (Å²) in [6.07, 6.45) is 1.39. The third-order valence-electron chi connectivity index (χ3n) is 1.01. The van der Waals surface area contributed by atoms with Crippen LogP contribution in [0.3, 0.4) is 0 Å². The maximum absolute atomic E-state index is 8.09. The van der Waals surface area contributed by atoms with E-state index in [-0.39, 0.29) is 12.4 Å². The molecule has 1 aromatic carbocycles. The summed E-state index contributed by atoms with van der Waals surface area (Å²) in [5, 5.41) is 11.0. The van der Waals surface area contributed by atoms with E-state index in [4.69, 9.17) is 5.21 Å². The van der Waals surface area contributed by atoms with Gasteiger partial charge in [-0.3, -0.25) is 0 Å². The smallest absolute Gasteiger partial charge is 0.0733 e. The third-order valence-corrected chi connectivity index (χ3v) is 1.01. The summed E-state index contributed by atoms with van der Waals surface area (Å²) in [6, 6.07) is 9.40. The lowest BCUT2D eigenvalue weighted by atomic mass is 10.2. The number of benzene rings is 1. The minimum atomic E-state index is 0. The zero-order valence-corrected chi connectivity index (χ0v) is 6.08.